The molecule has 12 aromatic carbocycles. The third-order valence-electron chi connectivity index (χ3n) is 18.6. The van der Waals surface area contributed by atoms with Gasteiger partial charge in [-0.25, -0.2) is 0 Å². The van der Waals surface area contributed by atoms with Crippen LogP contribution in [-0.4, -0.2) is 0 Å². The van der Waals surface area contributed by atoms with E-state index in [4.69, 9.17) is 0 Å². The molecule has 16 rings (SSSR count). The molecule has 0 saturated heterocycles. The Morgan fingerprint density at radius 3 is 1.25 bits per heavy atom. The second-order valence-corrected chi connectivity index (χ2v) is 23.4. The van der Waals surface area contributed by atoms with Gasteiger partial charge in [0.25, 0.3) is 0 Å². The Bertz CT molecular complexity index is 4510. The standard InChI is InChI=1S/C82H60N2/c1-81(2)73-31-16-12-28-68(73)70-52-50-65(54-78(70)81)83(61-43-37-58(38-44-61)55-21-6-3-7-22-55)64-49-51-66-67-27-13-17-32-74(67)82(75-33-18-14-29-69(75)72(66)53-64)76-34-19-15-30-71(76)80-77(82)35-20-36-79(80)84(62-45-39-59(40-46-62)56-23-8-4-9-24-56)63-47-41-60(42-48-63)57-25-10-5-11-26-57/h3-14,16-29,31-54H,15,30H2,1-2H3. The van der Waals surface area contributed by atoms with Gasteiger partial charge in [-0.05, 0) is 185 Å². The van der Waals surface area contributed by atoms with Crippen molar-refractivity contribution in [3.05, 3.63) is 342 Å². The Labute approximate surface area is 493 Å². The molecule has 84 heavy (non-hydrogen) atoms. The minimum Gasteiger partial charge on any atom is -0.310 e. The van der Waals surface area contributed by atoms with Gasteiger partial charge in [-0.2, -0.15) is 0 Å². The van der Waals surface area contributed by atoms with E-state index in [0.29, 0.717) is 0 Å². The average Bonchev–Trinajstić information content (AvgIpc) is 2.28. The van der Waals surface area contributed by atoms with E-state index in [1.165, 1.54) is 117 Å². The van der Waals surface area contributed by atoms with Gasteiger partial charge in [0.1, 0.15) is 0 Å². The predicted molar refractivity (Wildman–Crippen MR) is 352 cm³/mol. The molecule has 2 nitrogen and oxygen atoms in total. The van der Waals surface area contributed by atoms with Gasteiger partial charge < -0.3 is 9.80 Å². The Hall–Kier alpha value is -10.3. The van der Waals surface area contributed by atoms with E-state index >= 15 is 0 Å². The van der Waals surface area contributed by atoms with Crippen molar-refractivity contribution in [3.63, 3.8) is 0 Å². The fraction of sp³-hybridized carbons (Fsp3) is 0.0732. The Morgan fingerprint density at radius 2 is 0.702 bits per heavy atom. The molecule has 0 aliphatic heterocycles. The van der Waals surface area contributed by atoms with Crippen LogP contribution in [0.5, 0.6) is 0 Å². The number of fused-ring (bicyclic) bond motifs is 14. The van der Waals surface area contributed by atoms with Crippen molar-refractivity contribution in [2.75, 3.05) is 9.80 Å². The van der Waals surface area contributed by atoms with Gasteiger partial charge >= 0.3 is 0 Å². The molecule has 4 aliphatic rings. The predicted octanol–water partition coefficient (Wildman–Crippen LogP) is 22.0. The molecule has 1 atom stereocenters. The van der Waals surface area contributed by atoms with E-state index in [1.807, 2.05) is 0 Å². The second-order valence-electron chi connectivity index (χ2n) is 23.4. The molecular weight excluding hydrogens is 1010 g/mol. The third-order valence-corrected chi connectivity index (χ3v) is 18.6. The van der Waals surface area contributed by atoms with Crippen LogP contribution in [0.25, 0.3) is 72.3 Å². The normalized spacial score (nSPS) is 15.5. The van der Waals surface area contributed by atoms with Gasteiger partial charge in [-0.3, -0.25) is 0 Å². The average molecular weight is 1070 g/mol. The van der Waals surface area contributed by atoms with E-state index < -0.39 is 5.41 Å². The summed E-state index contributed by atoms with van der Waals surface area (Å²) >= 11 is 0. The first kappa shape index (κ1) is 49.5. The van der Waals surface area contributed by atoms with Gasteiger partial charge in [-0.1, -0.05) is 250 Å². The van der Waals surface area contributed by atoms with Crippen LogP contribution in [0.1, 0.15) is 60.1 Å². The van der Waals surface area contributed by atoms with Crippen molar-refractivity contribution in [1.82, 2.24) is 0 Å². The molecule has 1 spiro atoms. The zero-order valence-electron chi connectivity index (χ0n) is 47.2. The summed E-state index contributed by atoms with van der Waals surface area (Å²) in [6.45, 7) is 4.76. The monoisotopic (exact) mass is 1070 g/mol. The summed E-state index contributed by atoms with van der Waals surface area (Å²) in [5.74, 6) is 0. The lowest BCUT2D eigenvalue weighted by atomic mass is 9.64. The fourth-order valence-electron chi connectivity index (χ4n) is 14.7. The van der Waals surface area contributed by atoms with Crippen molar-refractivity contribution in [3.8, 4) is 66.8 Å². The number of hydrogen-bond donors (Lipinski definition) is 0. The molecule has 0 heterocycles. The van der Waals surface area contributed by atoms with Crippen molar-refractivity contribution in [1.29, 1.82) is 0 Å². The summed E-state index contributed by atoms with van der Waals surface area (Å²) in [4.78, 5) is 5.00. The molecular formula is C82H60N2. The zero-order valence-corrected chi connectivity index (χ0v) is 47.2. The number of anilines is 6. The molecule has 398 valence electrons. The van der Waals surface area contributed by atoms with Crippen LogP contribution < -0.4 is 9.80 Å². The third kappa shape index (κ3) is 7.71. The minimum absolute atomic E-state index is 0.162. The first-order valence-electron chi connectivity index (χ1n) is 29.6. The quantitative estimate of drug-likeness (QED) is 0.142. The van der Waals surface area contributed by atoms with Crippen molar-refractivity contribution < 1.29 is 0 Å². The number of rotatable bonds is 9. The Balaban J connectivity index is 0.897. The molecule has 0 N–H and O–H groups in total. The zero-order chi connectivity index (χ0) is 55.9. The van der Waals surface area contributed by atoms with E-state index in [2.05, 4.69) is 327 Å². The van der Waals surface area contributed by atoms with Crippen molar-refractivity contribution in [2.45, 2.75) is 37.5 Å². The van der Waals surface area contributed by atoms with Crippen LogP contribution in [0, 0.1) is 0 Å². The molecule has 2 heteroatoms. The minimum atomic E-state index is -0.641. The maximum absolute atomic E-state index is 2.51. The lowest BCUT2D eigenvalue weighted by Gasteiger charge is -2.37. The lowest BCUT2D eigenvalue weighted by Crippen LogP contribution is -2.30. The maximum atomic E-state index is 2.51. The van der Waals surface area contributed by atoms with Crippen LogP contribution in [0.3, 0.4) is 0 Å². The topological polar surface area (TPSA) is 6.48 Å². The van der Waals surface area contributed by atoms with Crippen LogP contribution in [0.4, 0.5) is 34.1 Å². The molecule has 1 unspecified atom stereocenters. The van der Waals surface area contributed by atoms with Gasteiger partial charge in [0.15, 0.2) is 0 Å². The van der Waals surface area contributed by atoms with E-state index in [9.17, 15) is 0 Å². The largest absolute Gasteiger partial charge is 0.310 e. The molecule has 0 radical (unpaired) electrons. The van der Waals surface area contributed by atoms with Gasteiger partial charge in [0.2, 0.25) is 0 Å². The van der Waals surface area contributed by atoms with Crippen LogP contribution in [0.15, 0.2) is 309 Å². The molecule has 12 aromatic rings. The first-order chi connectivity index (χ1) is 41.4. The Morgan fingerprint density at radius 1 is 0.298 bits per heavy atom. The van der Waals surface area contributed by atoms with E-state index in [0.717, 1.165) is 41.3 Å². The highest BCUT2D eigenvalue weighted by Crippen LogP contribution is 2.64. The number of allylic oxidation sites excluding steroid dienone is 4. The summed E-state index contributed by atoms with van der Waals surface area (Å²) in [5.41, 5.74) is 31.5. The van der Waals surface area contributed by atoms with Crippen molar-refractivity contribution in [2.24, 2.45) is 0 Å². The van der Waals surface area contributed by atoms with E-state index in [1.54, 1.807) is 0 Å². The molecule has 0 saturated carbocycles. The second kappa shape index (κ2) is 19.7. The number of hydrogen-bond acceptors (Lipinski definition) is 2. The summed E-state index contributed by atoms with van der Waals surface area (Å²) in [7, 11) is 0. The fourth-order valence-corrected chi connectivity index (χ4v) is 14.7. The van der Waals surface area contributed by atoms with Crippen LogP contribution >= 0.6 is 0 Å². The highest BCUT2D eigenvalue weighted by Gasteiger charge is 2.52. The summed E-state index contributed by atoms with van der Waals surface area (Å²) in [6.07, 6.45) is 6.82. The highest BCUT2D eigenvalue weighted by atomic mass is 15.1. The molecule has 4 aliphatic carbocycles. The number of benzene rings is 12. The SMILES string of the molecule is CC1(C)c2ccccc2-c2ccc(N(c3ccc(-c4ccccc4)cc3)c3ccc4c(c3)-c3ccccc3C3(C5=C(CCC=C5)c5c(N(c6ccc(-c7ccccc7)cc6)c6ccc(-c7ccccc7)cc6)cccc53)c3ccccc3-4)cc21. The molecule has 0 fully saturated rings. The summed E-state index contributed by atoms with van der Waals surface area (Å²) in [5, 5.41) is 0. The van der Waals surface area contributed by atoms with E-state index in [-0.39, 0.29) is 5.41 Å². The maximum Gasteiger partial charge on any atom is 0.0722 e. The van der Waals surface area contributed by atoms with Gasteiger partial charge in [-0.15, -0.1) is 0 Å². The van der Waals surface area contributed by atoms with Crippen molar-refractivity contribution >= 4 is 39.7 Å². The summed E-state index contributed by atoms with van der Waals surface area (Å²) in [6, 6.07) is 109. The highest BCUT2D eigenvalue weighted by molar-refractivity contribution is 6.02. The lowest BCUT2D eigenvalue weighted by molar-refractivity contribution is 0.660. The summed E-state index contributed by atoms with van der Waals surface area (Å²) < 4.78 is 0. The van der Waals surface area contributed by atoms with Gasteiger partial charge in [0, 0.05) is 39.4 Å². The van der Waals surface area contributed by atoms with Crippen LogP contribution in [-0.2, 0) is 10.8 Å². The molecule has 0 aromatic heterocycles. The number of nitrogens with zero attached hydrogens (tertiary/aromatic N) is 2. The van der Waals surface area contributed by atoms with Gasteiger partial charge in [0.05, 0.1) is 11.1 Å². The molecule has 0 amide bonds. The molecule has 0 bridgehead atoms. The smallest absolute Gasteiger partial charge is 0.0722 e. The first-order valence-corrected chi connectivity index (χ1v) is 29.6. The Kier molecular flexibility index (Phi) is 11.6. The van der Waals surface area contributed by atoms with Crippen LogP contribution in [0.2, 0.25) is 0 Å².